The lowest BCUT2D eigenvalue weighted by molar-refractivity contribution is -0.149. The maximum Gasteiger partial charge on any atom is 0.332 e. The molecule has 0 fully saturated rings. The van der Waals surface area contributed by atoms with Crippen LogP contribution in [0.15, 0.2) is 16.6 Å². The van der Waals surface area contributed by atoms with Crippen LogP contribution in [0.2, 0.25) is 0 Å². The molecule has 3 atom stereocenters. The molecule has 0 aliphatic carbocycles. The Kier molecular flexibility index (Phi) is 3.10. The molecule has 92 valence electrons. The number of hydrogen-bond acceptors (Lipinski definition) is 5. The first-order valence-corrected chi connectivity index (χ1v) is 6.72. The quantitative estimate of drug-likeness (QED) is 0.652. The Morgan fingerprint density at radius 3 is 2.82 bits per heavy atom. The number of fused-ring (bicyclic) bond motifs is 1. The predicted octanol–water partition coefficient (Wildman–Crippen LogP) is -0.314. The predicted molar refractivity (Wildman–Crippen MR) is 61.4 cm³/mol. The van der Waals surface area contributed by atoms with E-state index in [1.165, 1.54) is 12.3 Å². The molecule has 6 nitrogen and oxygen atoms in total. The lowest BCUT2D eigenvalue weighted by Gasteiger charge is -2.31. The summed E-state index contributed by atoms with van der Waals surface area (Å²) in [4.78, 5) is 27.2. The average Bonchev–Trinajstić information content (AvgIpc) is 2.26. The third-order valence-corrected chi connectivity index (χ3v) is 3.41. The molecule has 2 aliphatic heterocycles. The standard InChI is InChI=1S/C10H12N2O4S/c1-3-5-4-6(13)16-9-7(5)8(14)11-10(12-9)17(2)15/h4,7,9H,3H2,1-2H3,(H,11,12,14). The van der Waals surface area contributed by atoms with E-state index < -0.39 is 28.9 Å². The molecule has 0 aromatic heterocycles. The molecule has 0 spiro atoms. The van der Waals surface area contributed by atoms with E-state index >= 15 is 0 Å². The number of amidine groups is 1. The fourth-order valence-corrected chi connectivity index (χ4v) is 2.34. The van der Waals surface area contributed by atoms with Crippen LogP contribution in [0.4, 0.5) is 0 Å². The van der Waals surface area contributed by atoms with Gasteiger partial charge in [-0.25, -0.2) is 9.79 Å². The van der Waals surface area contributed by atoms with Gasteiger partial charge in [0.2, 0.25) is 12.1 Å². The largest absolute Gasteiger partial charge is 0.435 e. The van der Waals surface area contributed by atoms with Crippen molar-refractivity contribution in [3.63, 3.8) is 0 Å². The number of carbonyl (C=O) groups excluding carboxylic acids is 2. The summed E-state index contributed by atoms with van der Waals surface area (Å²) in [7, 11) is -1.40. The van der Waals surface area contributed by atoms with E-state index in [2.05, 4.69) is 10.3 Å². The maximum absolute atomic E-state index is 11.9. The van der Waals surface area contributed by atoms with E-state index in [1.807, 2.05) is 6.92 Å². The van der Waals surface area contributed by atoms with Crippen LogP contribution in [0.3, 0.4) is 0 Å². The van der Waals surface area contributed by atoms with Crippen LogP contribution in [-0.2, 0) is 25.1 Å². The number of nitrogens with zero attached hydrogens (tertiary/aromatic N) is 1. The third-order valence-electron chi connectivity index (χ3n) is 2.66. The second-order valence-electron chi connectivity index (χ2n) is 3.76. The van der Waals surface area contributed by atoms with Gasteiger partial charge >= 0.3 is 5.97 Å². The summed E-state index contributed by atoms with van der Waals surface area (Å²) in [6.45, 7) is 1.85. The molecule has 0 saturated carbocycles. The highest BCUT2D eigenvalue weighted by atomic mass is 32.2. The number of amides is 1. The number of aliphatic imine (C=N–C) groups is 1. The highest BCUT2D eigenvalue weighted by Crippen LogP contribution is 2.28. The van der Waals surface area contributed by atoms with Gasteiger partial charge in [0.1, 0.15) is 5.92 Å². The molecule has 2 heterocycles. The second-order valence-corrected chi connectivity index (χ2v) is 5.05. The maximum atomic E-state index is 11.9. The molecule has 0 aromatic carbocycles. The smallest absolute Gasteiger partial charge is 0.332 e. The lowest BCUT2D eigenvalue weighted by atomic mass is 9.91. The number of rotatable bonds is 1. The first-order valence-electron chi connectivity index (χ1n) is 5.16. The molecule has 0 radical (unpaired) electrons. The van der Waals surface area contributed by atoms with Crippen LogP contribution in [-0.4, -0.2) is 33.7 Å². The van der Waals surface area contributed by atoms with E-state index in [9.17, 15) is 13.8 Å². The number of carbonyl (C=O) groups is 2. The van der Waals surface area contributed by atoms with E-state index in [-0.39, 0.29) is 11.1 Å². The van der Waals surface area contributed by atoms with Crippen molar-refractivity contribution in [1.82, 2.24) is 5.32 Å². The third kappa shape index (κ3) is 2.14. The zero-order valence-corrected chi connectivity index (χ0v) is 10.2. The van der Waals surface area contributed by atoms with Crippen LogP contribution >= 0.6 is 0 Å². The van der Waals surface area contributed by atoms with Gasteiger partial charge in [0.25, 0.3) is 0 Å². The van der Waals surface area contributed by atoms with Gasteiger partial charge in [-0.3, -0.25) is 9.00 Å². The molecular weight excluding hydrogens is 244 g/mol. The van der Waals surface area contributed by atoms with Crippen LogP contribution in [0.1, 0.15) is 13.3 Å². The van der Waals surface area contributed by atoms with Gasteiger partial charge in [0.15, 0.2) is 5.17 Å². The fraction of sp³-hybridized carbons (Fsp3) is 0.500. The van der Waals surface area contributed by atoms with Crippen molar-refractivity contribution in [3.05, 3.63) is 11.6 Å². The summed E-state index contributed by atoms with van der Waals surface area (Å²) in [6, 6.07) is 0. The molecule has 0 bridgehead atoms. The minimum atomic E-state index is -1.40. The van der Waals surface area contributed by atoms with E-state index in [0.717, 1.165) is 0 Å². The highest BCUT2D eigenvalue weighted by Gasteiger charge is 2.41. The van der Waals surface area contributed by atoms with Crippen molar-refractivity contribution in [1.29, 1.82) is 0 Å². The summed E-state index contributed by atoms with van der Waals surface area (Å²) in [5.41, 5.74) is 0.688. The Morgan fingerprint density at radius 1 is 1.53 bits per heavy atom. The summed E-state index contributed by atoms with van der Waals surface area (Å²) in [5.74, 6) is -1.43. The topological polar surface area (TPSA) is 84.8 Å². The number of hydrogen-bond donors (Lipinski definition) is 1. The highest BCUT2D eigenvalue weighted by molar-refractivity contribution is 7.99. The number of nitrogens with one attached hydrogen (secondary N) is 1. The Morgan fingerprint density at radius 2 is 2.24 bits per heavy atom. The first kappa shape index (κ1) is 12.0. The van der Waals surface area contributed by atoms with Crippen LogP contribution in [0, 0.1) is 5.92 Å². The molecule has 7 heteroatoms. The van der Waals surface area contributed by atoms with Crippen molar-refractivity contribution in [3.8, 4) is 0 Å². The van der Waals surface area contributed by atoms with E-state index in [1.54, 1.807) is 0 Å². The monoisotopic (exact) mass is 256 g/mol. The zero-order valence-electron chi connectivity index (χ0n) is 9.43. The molecule has 0 saturated heterocycles. The number of ether oxygens (including phenoxy) is 1. The van der Waals surface area contributed by atoms with Crippen molar-refractivity contribution in [2.45, 2.75) is 19.6 Å². The Labute approximate surface area is 101 Å². The molecule has 1 amide bonds. The molecule has 2 rings (SSSR count). The molecule has 3 unspecified atom stereocenters. The molecule has 17 heavy (non-hydrogen) atoms. The Hall–Kier alpha value is -1.50. The van der Waals surface area contributed by atoms with E-state index in [0.29, 0.717) is 12.0 Å². The van der Waals surface area contributed by atoms with Crippen molar-refractivity contribution in [2.24, 2.45) is 10.9 Å². The van der Waals surface area contributed by atoms with Gasteiger partial charge < -0.3 is 10.1 Å². The van der Waals surface area contributed by atoms with Crippen molar-refractivity contribution >= 4 is 27.8 Å². The van der Waals surface area contributed by atoms with Gasteiger partial charge in [0, 0.05) is 12.3 Å². The molecule has 1 N–H and O–H groups in total. The SMILES string of the molecule is CCC1=CC(=O)OC2N=C(S(C)=O)NC(=O)C12. The summed E-state index contributed by atoms with van der Waals surface area (Å²) in [5, 5.41) is 2.53. The van der Waals surface area contributed by atoms with Gasteiger partial charge in [-0.05, 0) is 12.0 Å². The van der Waals surface area contributed by atoms with Crippen LogP contribution in [0.25, 0.3) is 0 Å². The summed E-state index contributed by atoms with van der Waals surface area (Å²) >= 11 is 0. The van der Waals surface area contributed by atoms with E-state index in [4.69, 9.17) is 4.74 Å². The average molecular weight is 256 g/mol. The molecule has 2 aliphatic rings. The molecular formula is C10H12N2O4S. The minimum Gasteiger partial charge on any atom is -0.435 e. The summed E-state index contributed by atoms with van der Waals surface area (Å²) in [6.07, 6.45) is 2.42. The van der Waals surface area contributed by atoms with Crippen LogP contribution in [0.5, 0.6) is 0 Å². The van der Waals surface area contributed by atoms with Gasteiger partial charge in [-0.15, -0.1) is 0 Å². The number of esters is 1. The lowest BCUT2D eigenvalue weighted by Crippen LogP contribution is -2.50. The first-order chi connectivity index (χ1) is 8.02. The Bertz CT molecular complexity index is 469. The normalized spacial score (nSPS) is 29.5. The van der Waals surface area contributed by atoms with Gasteiger partial charge in [-0.2, -0.15) is 0 Å². The second kappa shape index (κ2) is 4.40. The molecule has 0 aromatic rings. The minimum absolute atomic E-state index is 0.0569. The van der Waals surface area contributed by atoms with Gasteiger partial charge in [-0.1, -0.05) is 6.92 Å². The summed E-state index contributed by atoms with van der Waals surface area (Å²) < 4.78 is 16.2. The van der Waals surface area contributed by atoms with Crippen molar-refractivity contribution in [2.75, 3.05) is 6.26 Å². The van der Waals surface area contributed by atoms with Crippen molar-refractivity contribution < 1.29 is 18.5 Å². The Balaban J connectivity index is 2.40. The van der Waals surface area contributed by atoms with Gasteiger partial charge in [0.05, 0.1) is 10.8 Å². The fourth-order valence-electron chi connectivity index (χ4n) is 1.84. The van der Waals surface area contributed by atoms with Crippen LogP contribution < -0.4 is 5.32 Å². The zero-order chi connectivity index (χ0) is 12.6.